The van der Waals surface area contributed by atoms with Crippen molar-refractivity contribution in [1.29, 1.82) is 0 Å². The van der Waals surface area contributed by atoms with Gasteiger partial charge in [0, 0.05) is 0 Å². The summed E-state index contributed by atoms with van der Waals surface area (Å²) in [5, 5.41) is 18.6. The normalized spacial score (nSPS) is 11.8. The highest BCUT2D eigenvalue weighted by Crippen LogP contribution is 2.15. The quantitative estimate of drug-likeness (QED) is 0.857. The van der Waals surface area contributed by atoms with Crippen LogP contribution in [0, 0.1) is 0 Å². The van der Waals surface area contributed by atoms with Gasteiger partial charge in [0.15, 0.2) is 0 Å². The average molecular weight is 259 g/mol. The summed E-state index contributed by atoms with van der Waals surface area (Å²) in [4.78, 5) is 14.3. The highest BCUT2D eigenvalue weighted by molar-refractivity contribution is 5.85. The summed E-state index contributed by atoms with van der Waals surface area (Å²) in [6.07, 6.45) is 0.585. The van der Waals surface area contributed by atoms with E-state index in [-0.39, 0.29) is 12.3 Å². The number of nitrogens with zero attached hydrogens (tertiary/aromatic N) is 1. The zero-order chi connectivity index (χ0) is 13.7. The molecule has 5 heteroatoms. The maximum atomic E-state index is 10.6. The monoisotopic (exact) mass is 259 g/mol. The van der Waals surface area contributed by atoms with Gasteiger partial charge in [-0.3, -0.25) is 0 Å². The molecule has 1 heterocycles. The molecule has 0 spiro atoms. The average Bonchev–Trinajstić information content (AvgIpc) is 2.46. The molecule has 0 aliphatic rings. The molecule has 0 fully saturated rings. The van der Waals surface area contributed by atoms with E-state index in [1.807, 2.05) is 18.2 Å². The molecule has 5 nitrogen and oxygen atoms in total. The number of aromatic carboxylic acids is 1. The highest BCUT2D eigenvalue weighted by atomic mass is 16.5. The summed E-state index contributed by atoms with van der Waals surface area (Å²) < 4.78 is 5.35. The maximum absolute atomic E-state index is 10.6. The van der Waals surface area contributed by atoms with Crippen LogP contribution in [0.5, 0.6) is 5.75 Å². The molecule has 2 rings (SSSR count). The Hall–Kier alpha value is -2.40. The van der Waals surface area contributed by atoms with Crippen molar-refractivity contribution >= 4 is 5.97 Å². The Balaban J connectivity index is 1.93. The second-order valence-corrected chi connectivity index (χ2v) is 3.92. The summed E-state index contributed by atoms with van der Waals surface area (Å²) in [6, 6.07) is 12.0. The molecule has 19 heavy (non-hydrogen) atoms. The van der Waals surface area contributed by atoms with Gasteiger partial charge in [-0.05, 0) is 17.7 Å². The number of benzene rings is 1. The number of carbonyl (C=O) groups is 1. The van der Waals surface area contributed by atoms with Gasteiger partial charge in [0.25, 0.3) is 0 Å². The lowest BCUT2D eigenvalue weighted by atomic mass is 10.1. The molecule has 1 atom stereocenters. The molecule has 1 aromatic heterocycles. The maximum Gasteiger partial charge on any atom is 0.354 e. The second kappa shape index (κ2) is 5.97. The van der Waals surface area contributed by atoms with E-state index >= 15 is 0 Å². The molecule has 0 bridgehead atoms. The predicted molar refractivity (Wildman–Crippen MR) is 68.1 cm³/mol. The molecule has 0 aliphatic carbocycles. The minimum absolute atomic E-state index is 0.0454. The number of pyridine rings is 1. The summed E-state index contributed by atoms with van der Waals surface area (Å²) in [5.74, 6) is -0.671. The van der Waals surface area contributed by atoms with Gasteiger partial charge in [0.1, 0.15) is 24.2 Å². The van der Waals surface area contributed by atoms with Gasteiger partial charge < -0.3 is 14.9 Å². The number of rotatable bonds is 5. The van der Waals surface area contributed by atoms with E-state index in [9.17, 15) is 9.90 Å². The van der Waals surface area contributed by atoms with Crippen molar-refractivity contribution in [3.8, 4) is 5.75 Å². The molecule has 2 aromatic rings. The number of hydrogen-bond acceptors (Lipinski definition) is 4. The van der Waals surface area contributed by atoms with Crippen molar-refractivity contribution < 1.29 is 19.7 Å². The van der Waals surface area contributed by atoms with Gasteiger partial charge in [-0.25, -0.2) is 9.78 Å². The smallest absolute Gasteiger partial charge is 0.354 e. The SMILES string of the molecule is O=C(O)c1ccc(OCC(O)c2ccccc2)cn1. The lowest BCUT2D eigenvalue weighted by Crippen LogP contribution is -2.10. The predicted octanol–water partition coefficient (Wildman–Crippen LogP) is 1.89. The fourth-order valence-electron chi connectivity index (χ4n) is 1.54. The van der Waals surface area contributed by atoms with Gasteiger partial charge in [-0.2, -0.15) is 0 Å². The van der Waals surface area contributed by atoms with Crippen LogP contribution in [0.2, 0.25) is 0 Å². The lowest BCUT2D eigenvalue weighted by Gasteiger charge is -2.12. The first-order chi connectivity index (χ1) is 9.16. The molecular weight excluding hydrogens is 246 g/mol. The summed E-state index contributed by atoms with van der Waals surface area (Å²) in [7, 11) is 0. The summed E-state index contributed by atoms with van der Waals surface area (Å²) >= 11 is 0. The van der Waals surface area contributed by atoms with Crippen LogP contribution in [0.1, 0.15) is 22.2 Å². The molecule has 0 radical (unpaired) electrons. The molecule has 0 saturated heterocycles. The van der Waals surface area contributed by atoms with Crippen molar-refractivity contribution in [2.75, 3.05) is 6.61 Å². The van der Waals surface area contributed by atoms with Gasteiger partial charge in [0.05, 0.1) is 6.20 Å². The molecule has 2 N–H and O–H groups in total. The molecule has 0 amide bonds. The molecule has 1 unspecified atom stereocenters. The second-order valence-electron chi connectivity index (χ2n) is 3.92. The Morgan fingerprint density at radius 3 is 2.53 bits per heavy atom. The van der Waals surface area contributed by atoms with Crippen LogP contribution in [0.25, 0.3) is 0 Å². The van der Waals surface area contributed by atoms with Crippen LogP contribution in [0.4, 0.5) is 0 Å². The van der Waals surface area contributed by atoms with Crippen LogP contribution in [-0.2, 0) is 0 Å². The van der Waals surface area contributed by atoms with E-state index in [0.717, 1.165) is 5.56 Å². The lowest BCUT2D eigenvalue weighted by molar-refractivity contribution is 0.0690. The standard InChI is InChI=1S/C14H13NO4/c16-13(10-4-2-1-3-5-10)9-19-11-6-7-12(14(17)18)15-8-11/h1-8,13,16H,9H2,(H,17,18). The summed E-state index contributed by atoms with van der Waals surface area (Å²) in [5.41, 5.74) is 0.716. The van der Waals surface area contributed by atoms with Crippen LogP contribution in [0.3, 0.4) is 0 Å². The number of carboxylic acid groups (broad SMARTS) is 1. The molecule has 0 saturated carbocycles. The Morgan fingerprint density at radius 1 is 1.21 bits per heavy atom. The van der Waals surface area contributed by atoms with Crippen molar-refractivity contribution in [1.82, 2.24) is 4.98 Å². The van der Waals surface area contributed by atoms with Crippen LogP contribution >= 0.6 is 0 Å². The van der Waals surface area contributed by atoms with E-state index < -0.39 is 12.1 Å². The first kappa shape index (κ1) is 13.0. The van der Waals surface area contributed by atoms with E-state index in [0.29, 0.717) is 5.75 Å². The van der Waals surface area contributed by atoms with Crippen LogP contribution in [0.15, 0.2) is 48.7 Å². The minimum atomic E-state index is -1.09. The first-order valence-corrected chi connectivity index (χ1v) is 5.72. The Kier molecular flexibility index (Phi) is 4.10. The van der Waals surface area contributed by atoms with Crippen LogP contribution in [-0.4, -0.2) is 27.8 Å². The Labute approximate surface area is 110 Å². The third-order valence-electron chi connectivity index (χ3n) is 2.55. The van der Waals surface area contributed by atoms with E-state index in [4.69, 9.17) is 9.84 Å². The number of aliphatic hydroxyl groups excluding tert-OH is 1. The zero-order valence-electron chi connectivity index (χ0n) is 10.1. The fourth-order valence-corrected chi connectivity index (χ4v) is 1.54. The first-order valence-electron chi connectivity index (χ1n) is 5.72. The molecule has 1 aromatic carbocycles. The van der Waals surface area contributed by atoms with Gasteiger partial charge in [0.2, 0.25) is 0 Å². The van der Waals surface area contributed by atoms with Crippen molar-refractivity contribution in [2.24, 2.45) is 0 Å². The molecule has 0 aliphatic heterocycles. The fraction of sp³-hybridized carbons (Fsp3) is 0.143. The van der Waals surface area contributed by atoms with E-state index in [1.165, 1.54) is 18.3 Å². The van der Waals surface area contributed by atoms with Crippen molar-refractivity contribution in [2.45, 2.75) is 6.10 Å². The third kappa shape index (κ3) is 3.53. The van der Waals surface area contributed by atoms with Gasteiger partial charge in [-0.1, -0.05) is 30.3 Å². The number of hydrogen-bond donors (Lipinski definition) is 2. The molecule has 98 valence electrons. The third-order valence-corrected chi connectivity index (χ3v) is 2.55. The summed E-state index contributed by atoms with van der Waals surface area (Å²) in [6.45, 7) is 0.0815. The van der Waals surface area contributed by atoms with Gasteiger partial charge >= 0.3 is 5.97 Å². The van der Waals surface area contributed by atoms with E-state index in [2.05, 4.69) is 4.98 Å². The van der Waals surface area contributed by atoms with Crippen molar-refractivity contribution in [3.63, 3.8) is 0 Å². The number of aromatic nitrogens is 1. The highest BCUT2D eigenvalue weighted by Gasteiger charge is 2.09. The number of carboxylic acids is 1. The zero-order valence-corrected chi connectivity index (χ0v) is 10.1. The Morgan fingerprint density at radius 2 is 1.95 bits per heavy atom. The van der Waals surface area contributed by atoms with E-state index in [1.54, 1.807) is 12.1 Å². The number of aliphatic hydroxyl groups is 1. The van der Waals surface area contributed by atoms with Crippen molar-refractivity contribution in [3.05, 3.63) is 59.9 Å². The largest absolute Gasteiger partial charge is 0.489 e. The number of ether oxygens (including phenoxy) is 1. The molecular formula is C14H13NO4. The topological polar surface area (TPSA) is 79.7 Å². The minimum Gasteiger partial charge on any atom is -0.489 e. The Bertz CT molecular complexity index is 539. The van der Waals surface area contributed by atoms with Gasteiger partial charge in [-0.15, -0.1) is 0 Å². The van der Waals surface area contributed by atoms with Crippen LogP contribution < -0.4 is 4.74 Å².